The van der Waals surface area contributed by atoms with Gasteiger partial charge in [-0.25, -0.2) is 9.18 Å². The van der Waals surface area contributed by atoms with Crippen LogP contribution in [-0.4, -0.2) is 71.8 Å². The van der Waals surface area contributed by atoms with Crippen LogP contribution in [-0.2, 0) is 20.9 Å². The SMILES string of the molecule is CCOC(=O)C1=C(C)N(Cc2ccc(C(=O)N3CCN(CC)CC3)cc2)C(=O)CC1c1ccc(F)cc1. The van der Waals surface area contributed by atoms with Crippen LogP contribution in [0.4, 0.5) is 4.39 Å². The Morgan fingerprint density at radius 3 is 2.22 bits per heavy atom. The van der Waals surface area contributed by atoms with Gasteiger partial charge in [0.2, 0.25) is 5.91 Å². The summed E-state index contributed by atoms with van der Waals surface area (Å²) in [5.41, 5.74) is 3.10. The highest BCUT2D eigenvalue weighted by molar-refractivity contribution is 5.96. The molecule has 0 aliphatic carbocycles. The summed E-state index contributed by atoms with van der Waals surface area (Å²) >= 11 is 0. The van der Waals surface area contributed by atoms with Gasteiger partial charge < -0.3 is 19.4 Å². The zero-order valence-corrected chi connectivity index (χ0v) is 21.7. The first-order valence-electron chi connectivity index (χ1n) is 12.9. The number of hydrogen-bond acceptors (Lipinski definition) is 5. The minimum atomic E-state index is -0.503. The Hall–Kier alpha value is -3.52. The van der Waals surface area contributed by atoms with Crippen molar-refractivity contribution in [2.75, 3.05) is 39.3 Å². The molecular weight excluding hydrogens is 473 g/mol. The van der Waals surface area contributed by atoms with Crippen LogP contribution in [0.1, 0.15) is 54.6 Å². The normalized spacial score (nSPS) is 18.8. The standard InChI is InChI=1S/C29H34FN3O4/c1-4-31-14-16-32(17-15-31)28(35)23-8-6-21(7-9-23)19-33-20(3)27(29(36)37-5-2)25(18-26(33)34)22-10-12-24(30)13-11-22/h6-13,25H,4-5,14-19H2,1-3H3. The molecule has 2 heterocycles. The fraction of sp³-hybridized carbons (Fsp3) is 0.414. The van der Waals surface area contributed by atoms with Crippen LogP contribution < -0.4 is 0 Å². The molecule has 2 amide bonds. The van der Waals surface area contributed by atoms with E-state index in [2.05, 4.69) is 11.8 Å². The summed E-state index contributed by atoms with van der Waals surface area (Å²) in [5, 5.41) is 0. The Balaban J connectivity index is 1.53. The third-order valence-electron chi connectivity index (χ3n) is 7.24. The van der Waals surface area contributed by atoms with E-state index >= 15 is 0 Å². The maximum absolute atomic E-state index is 13.5. The highest BCUT2D eigenvalue weighted by atomic mass is 19.1. The molecule has 1 unspecified atom stereocenters. The number of benzene rings is 2. The molecule has 8 heteroatoms. The van der Waals surface area contributed by atoms with E-state index < -0.39 is 11.9 Å². The summed E-state index contributed by atoms with van der Waals surface area (Å²) in [7, 11) is 0. The summed E-state index contributed by atoms with van der Waals surface area (Å²) in [5.74, 6) is -1.48. The Labute approximate surface area is 217 Å². The van der Waals surface area contributed by atoms with Gasteiger partial charge in [-0.15, -0.1) is 0 Å². The molecule has 4 rings (SSSR count). The van der Waals surface area contributed by atoms with Crippen LogP contribution in [0.25, 0.3) is 0 Å². The van der Waals surface area contributed by atoms with Crippen molar-refractivity contribution in [2.24, 2.45) is 0 Å². The average molecular weight is 508 g/mol. The summed E-state index contributed by atoms with van der Waals surface area (Å²) in [4.78, 5) is 44.9. The van der Waals surface area contributed by atoms with Crippen LogP contribution >= 0.6 is 0 Å². The van der Waals surface area contributed by atoms with Crippen molar-refractivity contribution in [1.82, 2.24) is 14.7 Å². The van der Waals surface area contributed by atoms with Crippen molar-refractivity contribution in [3.63, 3.8) is 0 Å². The molecule has 2 aromatic carbocycles. The number of rotatable bonds is 7. The number of carbonyl (C=O) groups is 3. The number of esters is 1. The molecule has 0 spiro atoms. The lowest BCUT2D eigenvalue weighted by Gasteiger charge is -2.35. The lowest BCUT2D eigenvalue weighted by atomic mass is 9.83. The molecular formula is C29H34FN3O4. The molecule has 2 aliphatic heterocycles. The number of piperazine rings is 1. The van der Waals surface area contributed by atoms with Gasteiger partial charge in [0.05, 0.1) is 18.7 Å². The van der Waals surface area contributed by atoms with Crippen molar-refractivity contribution in [1.29, 1.82) is 0 Å². The topological polar surface area (TPSA) is 70.2 Å². The molecule has 196 valence electrons. The van der Waals surface area contributed by atoms with E-state index in [0.29, 0.717) is 35.5 Å². The first-order chi connectivity index (χ1) is 17.8. The predicted molar refractivity (Wildman–Crippen MR) is 138 cm³/mol. The van der Waals surface area contributed by atoms with Crippen LogP contribution in [0.15, 0.2) is 59.8 Å². The van der Waals surface area contributed by atoms with Gasteiger partial charge >= 0.3 is 5.97 Å². The fourth-order valence-electron chi connectivity index (χ4n) is 5.04. The van der Waals surface area contributed by atoms with Gasteiger partial charge in [-0.05, 0) is 55.8 Å². The smallest absolute Gasteiger partial charge is 0.336 e. The number of carbonyl (C=O) groups excluding carboxylic acids is 3. The Kier molecular flexibility index (Phi) is 8.38. The van der Waals surface area contributed by atoms with E-state index in [1.54, 1.807) is 43.0 Å². The van der Waals surface area contributed by atoms with Crippen molar-refractivity contribution in [3.8, 4) is 0 Å². The highest BCUT2D eigenvalue weighted by Crippen LogP contribution is 2.37. The predicted octanol–water partition coefficient (Wildman–Crippen LogP) is 3.96. The van der Waals surface area contributed by atoms with Crippen LogP contribution in [0.5, 0.6) is 0 Å². The third kappa shape index (κ3) is 5.91. The van der Waals surface area contributed by atoms with Crippen molar-refractivity contribution in [3.05, 3.63) is 82.3 Å². The largest absolute Gasteiger partial charge is 0.463 e. The molecule has 1 saturated heterocycles. The summed E-state index contributed by atoms with van der Waals surface area (Å²) in [6, 6.07) is 13.2. The Morgan fingerprint density at radius 1 is 0.973 bits per heavy atom. The number of likely N-dealkylation sites (N-methyl/N-ethyl adjacent to an activating group) is 1. The number of allylic oxidation sites excluding steroid dienone is 1. The zero-order valence-electron chi connectivity index (χ0n) is 21.7. The van der Waals surface area contributed by atoms with Crippen LogP contribution in [0, 0.1) is 5.82 Å². The molecule has 0 N–H and O–H groups in total. The second-order valence-corrected chi connectivity index (χ2v) is 9.43. The minimum absolute atomic E-state index is 0.0131. The number of ether oxygens (including phenoxy) is 1. The molecule has 0 bridgehead atoms. The molecule has 0 radical (unpaired) electrons. The summed E-state index contributed by atoms with van der Waals surface area (Å²) in [6.07, 6.45) is 0.0808. The second-order valence-electron chi connectivity index (χ2n) is 9.43. The average Bonchev–Trinajstić information content (AvgIpc) is 2.91. The molecule has 0 saturated carbocycles. The van der Waals surface area contributed by atoms with Gasteiger partial charge in [0.25, 0.3) is 5.91 Å². The first kappa shape index (κ1) is 26.5. The first-order valence-corrected chi connectivity index (χ1v) is 12.9. The van der Waals surface area contributed by atoms with Gasteiger partial charge in [-0.3, -0.25) is 9.59 Å². The summed E-state index contributed by atoms with van der Waals surface area (Å²) in [6.45, 7) is 10.3. The monoisotopic (exact) mass is 507 g/mol. The van der Waals surface area contributed by atoms with Crippen molar-refractivity contribution >= 4 is 17.8 Å². The molecule has 1 atom stereocenters. The Bertz CT molecular complexity index is 1170. The van der Waals surface area contributed by atoms with E-state index in [1.807, 2.05) is 17.0 Å². The fourth-order valence-corrected chi connectivity index (χ4v) is 5.04. The van der Waals surface area contributed by atoms with Crippen LogP contribution in [0.2, 0.25) is 0 Å². The van der Waals surface area contributed by atoms with Gasteiger partial charge in [0.1, 0.15) is 5.82 Å². The van der Waals surface area contributed by atoms with E-state index in [9.17, 15) is 18.8 Å². The quantitative estimate of drug-likeness (QED) is 0.531. The second kappa shape index (κ2) is 11.7. The number of amides is 2. The van der Waals surface area contributed by atoms with Gasteiger partial charge in [-0.2, -0.15) is 0 Å². The molecule has 1 fully saturated rings. The lowest BCUT2D eigenvalue weighted by molar-refractivity contribution is -0.140. The number of hydrogen-bond donors (Lipinski definition) is 0. The van der Waals surface area contributed by atoms with Crippen LogP contribution in [0.3, 0.4) is 0 Å². The molecule has 37 heavy (non-hydrogen) atoms. The summed E-state index contributed by atoms with van der Waals surface area (Å²) < 4.78 is 18.8. The zero-order chi connectivity index (χ0) is 26.5. The van der Waals surface area contributed by atoms with E-state index in [4.69, 9.17) is 4.74 Å². The molecule has 2 aromatic rings. The molecule has 0 aromatic heterocycles. The minimum Gasteiger partial charge on any atom is -0.463 e. The number of halogens is 1. The van der Waals surface area contributed by atoms with Crippen molar-refractivity contribution in [2.45, 2.75) is 39.7 Å². The highest BCUT2D eigenvalue weighted by Gasteiger charge is 2.37. The molecule has 2 aliphatic rings. The van der Waals surface area contributed by atoms with E-state index in [0.717, 1.165) is 25.2 Å². The van der Waals surface area contributed by atoms with Crippen molar-refractivity contribution < 1.29 is 23.5 Å². The van der Waals surface area contributed by atoms with E-state index in [1.165, 1.54) is 12.1 Å². The van der Waals surface area contributed by atoms with E-state index in [-0.39, 0.29) is 37.2 Å². The van der Waals surface area contributed by atoms with Gasteiger partial charge in [-0.1, -0.05) is 31.2 Å². The Morgan fingerprint density at radius 2 is 1.62 bits per heavy atom. The molecule has 7 nitrogen and oxygen atoms in total. The maximum Gasteiger partial charge on any atom is 0.336 e. The lowest BCUT2D eigenvalue weighted by Crippen LogP contribution is -2.48. The third-order valence-corrected chi connectivity index (χ3v) is 7.24. The van der Waals surface area contributed by atoms with Gasteiger partial charge in [0.15, 0.2) is 0 Å². The number of nitrogens with zero attached hydrogens (tertiary/aromatic N) is 3. The maximum atomic E-state index is 13.5. The van der Waals surface area contributed by atoms with Gasteiger partial charge in [0, 0.05) is 49.8 Å².